The van der Waals surface area contributed by atoms with Gasteiger partial charge in [0.05, 0.1) is 4.91 Å². The van der Waals surface area contributed by atoms with E-state index in [2.05, 4.69) is 21.2 Å². The smallest absolute Gasteiger partial charge is 0.325 e. The van der Waals surface area contributed by atoms with Crippen LogP contribution in [-0.4, -0.2) is 44.2 Å². The molecular weight excluding hydrogens is 428 g/mol. The molecule has 2 unspecified atom stereocenters. The van der Waals surface area contributed by atoms with Crippen molar-refractivity contribution in [3.63, 3.8) is 0 Å². The lowest BCUT2D eigenvalue weighted by Gasteiger charge is -2.23. The minimum atomic E-state index is -1.15. The van der Waals surface area contributed by atoms with Crippen molar-refractivity contribution in [2.24, 2.45) is 0 Å². The number of carboxylic acids is 1. The summed E-state index contributed by atoms with van der Waals surface area (Å²) >= 11 is 9.70. The fourth-order valence-electron chi connectivity index (χ4n) is 2.07. The molecule has 9 heteroatoms. The third-order valence-corrected chi connectivity index (χ3v) is 5.29. The van der Waals surface area contributed by atoms with Crippen LogP contribution in [0.25, 0.3) is 6.08 Å². The van der Waals surface area contributed by atoms with Crippen molar-refractivity contribution in [1.82, 2.24) is 10.2 Å². The largest absolute Gasteiger partial charge is 0.480 e. The van der Waals surface area contributed by atoms with Crippen LogP contribution in [-0.2, 0) is 14.4 Å². The molecular formula is C16H15BrN2O4S2. The van der Waals surface area contributed by atoms with Crippen molar-refractivity contribution in [2.45, 2.75) is 25.9 Å². The van der Waals surface area contributed by atoms with Crippen molar-refractivity contribution in [3.05, 3.63) is 39.2 Å². The Kier molecular flexibility index (Phi) is 6.36. The molecule has 0 saturated carbocycles. The minimum absolute atomic E-state index is 0.261. The van der Waals surface area contributed by atoms with Crippen LogP contribution in [0.3, 0.4) is 0 Å². The Hall–Kier alpha value is -1.71. The fraction of sp³-hybridized carbons (Fsp3) is 0.250. The van der Waals surface area contributed by atoms with Gasteiger partial charge in [-0.3, -0.25) is 19.3 Å². The van der Waals surface area contributed by atoms with Crippen molar-refractivity contribution in [3.8, 4) is 0 Å². The van der Waals surface area contributed by atoms with E-state index in [0.29, 0.717) is 4.91 Å². The van der Waals surface area contributed by atoms with Crippen LogP contribution >= 0.6 is 39.9 Å². The third-order valence-electron chi connectivity index (χ3n) is 3.47. The highest BCUT2D eigenvalue weighted by Gasteiger charge is 2.38. The predicted octanol–water partition coefficient (Wildman–Crippen LogP) is 2.63. The number of carbonyl (C=O) groups excluding carboxylic acids is 2. The molecule has 1 saturated heterocycles. The molecule has 0 bridgehead atoms. The molecule has 2 N–H and O–H groups in total. The molecule has 1 aliphatic rings. The molecule has 1 aromatic rings. The van der Waals surface area contributed by atoms with Gasteiger partial charge in [0.15, 0.2) is 0 Å². The van der Waals surface area contributed by atoms with E-state index in [-0.39, 0.29) is 10.2 Å². The summed E-state index contributed by atoms with van der Waals surface area (Å²) in [6.45, 7) is 2.86. The first-order chi connectivity index (χ1) is 11.7. The average molecular weight is 443 g/mol. The molecule has 2 amide bonds. The van der Waals surface area contributed by atoms with E-state index in [9.17, 15) is 14.4 Å². The molecule has 0 radical (unpaired) electrons. The molecule has 2 atom stereocenters. The van der Waals surface area contributed by atoms with Crippen molar-refractivity contribution in [1.29, 1.82) is 0 Å². The number of rotatable bonds is 5. The van der Waals surface area contributed by atoms with Gasteiger partial charge in [-0.25, -0.2) is 0 Å². The van der Waals surface area contributed by atoms with Gasteiger partial charge in [-0.15, -0.1) is 0 Å². The van der Waals surface area contributed by atoms with Gasteiger partial charge in [-0.05, 0) is 37.6 Å². The molecule has 25 heavy (non-hydrogen) atoms. The number of thiocarbonyl (C=S) groups is 1. The number of nitrogens with one attached hydrogen (secondary N) is 1. The van der Waals surface area contributed by atoms with Crippen molar-refractivity contribution >= 4 is 68.1 Å². The zero-order valence-electron chi connectivity index (χ0n) is 13.4. The number of halogens is 1. The van der Waals surface area contributed by atoms with E-state index >= 15 is 0 Å². The second-order valence-corrected chi connectivity index (χ2v) is 7.94. The highest BCUT2D eigenvalue weighted by Crippen LogP contribution is 2.34. The van der Waals surface area contributed by atoms with Gasteiger partial charge in [-0.2, -0.15) is 0 Å². The first-order valence-corrected chi connectivity index (χ1v) is 9.28. The van der Waals surface area contributed by atoms with E-state index in [1.54, 1.807) is 6.08 Å². The zero-order chi connectivity index (χ0) is 18.7. The SMILES string of the molecule is CC(NC(=O)C(C)N1C(=O)/C(=C/c2cccc(Br)c2)SC1=S)C(=O)O. The van der Waals surface area contributed by atoms with Crippen LogP contribution in [0.5, 0.6) is 0 Å². The quantitative estimate of drug-likeness (QED) is 0.538. The van der Waals surface area contributed by atoms with Crippen molar-refractivity contribution in [2.75, 3.05) is 0 Å². The number of thioether (sulfide) groups is 1. The second-order valence-electron chi connectivity index (χ2n) is 5.35. The molecule has 1 aromatic carbocycles. The van der Waals surface area contributed by atoms with Gasteiger partial charge in [0.2, 0.25) is 5.91 Å². The van der Waals surface area contributed by atoms with Gasteiger partial charge < -0.3 is 10.4 Å². The molecule has 132 valence electrons. The Morgan fingerprint density at radius 3 is 2.68 bits per heavy atom. The van der Waals surface area contributed by atoms with Gasteiger partial charge in [0.1, 0.15) is 16.4 Å². The predicted molar refractivity (Wildman–Crippen MR) is 104 cm³/mol. The summed E-state index contributed by atoms with van der Waals surface area (Å²) in [4.78, 5) is 37.3. The molecule has 1 heterocycles. The lowest BCUT2D eigenvalue weighted by Crippen LogP contribution is -2.50. The number of benzene rings is 1. The summed E-state index contributed by atoms with van der Waals surface area (Å²) < 4.78 is 1.14. The van der Waals surface area contributed by atoms with Crippen LogP contribution in [0.15, 0.2) is 33.6 Å². The van der Waals surface area contributed by atoms with Crippen molar-refractivity contribution < 1.29 is 19.5 Å². The lowest BCUT2D eigenvalue weighted by atomic mass is 10.2. The van der Waals surface area contributed by atoms with Gasteiger partial charge >= 0.3 is 5.97 Å². The number of nitrogens with zero attached hydrogens (tertiary/aromatic N) is 1. The van der Waals surface area contributed by atoms with E-state index in [4.69, 9.17) is 17.3 Å². The van der Waals surface area contributed by atoms with Crippen LogP contribution in [0, 0.1) is 0 Å². The minimum Gasteiger partial charge on any atom is -0.480 e. The summed E-state index contributed by atoms with van der Waals surface area (Å²) in [5, 5.41) is 11.2. The zero-order valence-corrected chi connectivity index (χ0v) is 16.6. The normalized spacial score (nSPS) is 18.4. The summed E-state index contributed by atoms with van der Waals surface area (Å²) in [5.74, 6) is -2.10. The third kappa shape index (κ3) is 4.68. The average Bonchev–Trinajstić information content (AvgIpc) is 2.80. The molecule has 0 aliphatic carbocycles. The number of carboxylic acid groups (broad SMARTS) is 1. The van der Waals surface area contributed by atoms with E-state index < -0.39 is 24.0 Å². The maximum atomic E-state index is 12.6. The van der Waals surface area contributed by atoms with E-state index in [1.807, 2.05) is 24.3 Å². The summed E-state index contributed by atoms with van der Waals surface area (Å²) in [6, 6.07) is 5.48. The fourth-order valence-corrected chi connectivity index (χ4v) is 3.91. The van der Waals surface area contributed by atoms with Crippen LogP contribution in [0.4, 0.5) is 0 Å². The summed E-state index contributed by atoms with van der Waals surface area (Å²) in [5.41, 5.74) is 0.825. The molecule has 0 aromatic heterocycles. The number of aliphatic carboxylic acids is 1. The molecule has 2 rings (SSSR count). The number of amides is 2. The standard InChI is InChI=1S/C16H15BrN2O4S2/c1-8(15(22)23)18-13(20)9(2)19-14(21)12(25-16(19)24)7-10-4-3-5-11(17)6-10/h3-9H,1-2H3,(H,18,20)(H,22,23)/b12-7-. The Morgan fingerprint density at radius 2 is 2.08 bits per heavy atom. The number of carbonyl (C=O) groups is 3. The van der Waals surface area contributed by atoms with Gasteiger partial charge in [0.25, 0.3) is 5.91 Å². The van der Waals surface area contributed by atoms with Gasteiger partial charge in [0, 0.05) is 4.47 Å². The number of hydrogen-bond donors (Lipinski definition) is 2. The Bertz CT molecular complexity index is 781. The maximum absolute atomic E-state index is 12.6. The lowest BCUT2D eigenvalue weighted by molar-refractivity contribution is -0.142. The van der Waals surface area contributed by atoms with Crippen LogP contribution in [0.2, 0.25) is 0 Å². The molecule has 1 fully saturated rings. The Labute approximate surface area is 162 Å². The highest BCUT2D eigenvalue weighted by molar-refractivity contribution is 9.10. The first kappa shape index (κ1) is 19.6. The maximum Gasteiger partial charge on any atom is 0.325 e. The van der Waals surface area contributed by atoms with Gasteiger partial charge in [-0.1, -0.05) is 52.0 Å². The molecule has 0 spiro atoms. The van der Waals surface area contributed by atoms with E-state index in [0.717, 1.165) is 21.8 Å². The Balaban J connectivity index is 2.18. The van der Waals surface area contributed by atoms with Crippen LogP contribution < -0.4 is 5.32 Å². The highest BCUT2D eigenvalue weighted by atomic mass is 79.9. The number of hydrogen-bond acceptors (Lipinski definition) is 5. The summed E-state index contributed by atoms with van der Waals surface area (Å²) in [7, 11) is 0. The topological polar surface area (TPSA) is 86.7 Å². The second kappa shape index (κ2) is 8.11. The van der Waals surface area contributed by atoms with E-state index in [1.165, 1.54) is 18.7 Å². The summed E-state index contributed by atoms with van der Waals surface area (Å²) in [6.07, 6.45) is 1.70. The molecule has 6 nitrogen and oxygen atoms in total. The van der Waals surface area contributed by atoms with Crippen LogP contribution in [0.1, 0.15) is 19.4 Å². The monoisotopic (exact) mass is 442 g/mol. The Morgan fingerprint density at radius 1 is 1.40 bits per heavy atom. The first-order valence-electron chi connectivity index (χ1n) is 7.26. The molecule has 1 aliphatic heterocycles.